The molecule has 0 spiro atoms. The molecule has 2 aliphatic heterocycles. The smallest absolute Gasteiger partial charge is 0.259 e. The number of hydrogen-bond donors (Lipinski definition) is 1. The largest absolute Gasteiger partial charge is 0.461 e. The molecule has 4 aromatic heterocycles. The molecule has 1 atom stereocenters. The normalized spacial score (nSPS) is 20.1. The fraction of sp³-hybridized carbons (Fsp3) is 0.476. The maximum Gasteiger partial charge on any atom is 0.259 e. The van der Waals surface area contributed by atoms with Crippen molar-refractivity contribution < 1.29 is 4.42 Å². The lowest BCUT2D eigenvalue weighted by molar-refractivity contribution is 0.205. The Kier molecular flexibility index (Phi) is 5.30. The molecule has 0 amide bonds. The monoisotopic (exact) mass is 466 g/mol. The zero-order valence-electron chi connectivity index (χ0n) is 18.2. The Hall–Kier alpha value is -3.25. The van der Waals surface area contributed by atoms with Crippen molar-refractivity contribution in [1.82, 2.24) is 34.4 Å². The molecule has 2 aliphatic rings. The van der Waals surface area contributed by atoms with Crippen LogP contribution in [0, 0.1) is 5.92 Å². The second kappa shape index (κ2) is 8.60. The van der Waals surface area contributed by atoms with E-state index in [-0.39, 0.29) is 5.95 Å². The fourth-order valence-corrected chi connectivity index (χ4v) is 5.40. The fourth-order valence-electron chi connectivity index (χ4n) is 4.70. The molecule has 2 fully saturated rings. The number of rotatable bonds is 5. The van der Waals surface area contributed by atoms with Gasteiger partial charge in [0, 0.05) is 57.4 Å². The number of thiazole rings is 1. The molecule has 0 radical (unpaired) electrons. The van der Waals surface area contributed by atoms with Crippen molar-refractivity contribution in [3.8, 4) is 11.6 Å². The summed E-state index contributed by atoms with van der Waals surface area (Å²) in [6, 6.07) is 3.61. The molecular weight excluding hydrogens is 440 g/mol. The SMILES string of the molecule is Nc1nc(N2CCCC(CN3CCN(c4nccs4)CC3)C2)nc2nc(-c3ccco3)nn12. The molecule has 12 heteroatoms. The van der Waals surface area contributed by atoms with Crippen molar-refractivity contribution in [3.63, 3.8) is 0 Å². The van der Waals surface area contributed by atoms with Gasteiger partial charge in [-0.2, -0.15) is 19.5 Å². The van der Waals surface area contributed by atoms with Gasteiger partial charge in [-0.3, -0.25) is 4.90 Å². The number of anilines is 3. The molecule has 172 valence electrons. The Morgan fingerprint density at radius 3 is 2.79 bits per heavy atom. The number of piperidine rings is 1. The number of nitrogens with zero attached hydrogens (tertiary/aromatic N) is 9. The number of nitrogens with two attached hydrogens (primary N) is 1. The van der Waals surface area contributed by atoms with Crippen LogP contribution in [0.4, 0.5) is 17.0 Å². The number of furan rings is 1. The summed E-state index contributed by atoms with van der Waals surface area (Å²) in [5.41, 5.74) is 6.20. The first-order valence-electron chi connectivity index (χ1n) is 11.3. The number of aromatic nitrogens is 6. The Labute approximate surface area is 194 Å². The first kappa shape index (κ1) is 20.4. The van der Waals surface area contributed by atoms with Crippen molar-refractivity contribution >= 4 is 34.1 Å². The van der Waals surface area contributed by atoms with Crippen LogP contribution in [0.25, 0.3) is 17.4 Å². The molecule has 2 N–H and O–H groups in total. The minimum absolute atomic E-state index is 0.278. The third-order valence-corrected chi connectivity index (χ3v) is 7.18. The lowest BCUT2D eigenvalue weighted by Gasteiger charge is -2.39. The minimum Gasteiger partial charge on any atom is -0.461 e. The molecule has 1 unspecified atom stereocenters. The van der Waals surface area contributed by atoms with Gasteiger partial charge in [-0.05, 0) is 30.9 Å². The van der Waals surface area contributed by atoms with Crippen molar-refractivity contribution in [2.24, 2.45) is 5.92 Å². The molecule has 2 saturated heterocycles. The number of hydrogen-bond acceptors (Lipinski definition) is 11. The average molecular weight is 467 g/mol. The summed E-state index contributed by atoms with van der Waals surface area (Å²) in [5.74, 6) is 2.94. The van der Waals surface area contributed by atoms with Crippen molar-refractivity contribution in [2.75, 3.05) is 61.3 Å². The molecule has 6 heterocycles. The third kappa shape index (κ3) is 4.11. The Morgan fingerprint density at radius 1 is 1.09 bits per heavy atom. The van der Waals surface area contributed by atoms with Gasteiger partial charge in [0.15, 0.2) is 10.9 Å². The van der Waals surface area contributed by atoms with Crippen LogP contribution in [-0.4, -0.2) is 80.3 Å². The van der Waals surface area contributed by atoms with E-state index >= 15 is 0 Å². The Balaban J connectivity index is 1.12. The van der Waals surface area contributed by atoms with Gasteiger partial charge in [0.2, 0.25) is 17.7 Å². The summed E-state index contributed by atoms with van der Waals surface area (Å²) in [5, 5.41) is 7.56. The predicted molar refractivity (Wildman–Crippen MR) is 126 cm³/mol. The van der Waals surface area contributed by atoms with E-state index in [0.717, 1.165) is 57.4 Å². The lowest BCUT2D eigenvalue weighted by Crippen LogP contribution is -2.49. The predicted octanol–water partition coefficient (Wildman–Crippen LogP) is 1.86. The molecule has 0 saturated carbocycles. The zero-order chi connectivity index (χ0) is 22.2. The summed E-state index contributed by atoms with van der Waals surface area (Å²) >= 11 is 1.72. The second-order valence-electron chi connectivity index (χ2n) is 8.56. The molecule has 11 nitrogen and oxygen atoms in total. The highest BCUT2D eigenvalue weighted by molar-refractivity contribution is 7.13. The summed E-state index contributed by atoms with van der Waals surface area (Å²) in [7, 11) is 0. The van der Waals surface area contributed by atoms with Gasteiger partial charge in [-0.25, -0.2) is 4.98 Å². The van der Waals surface area contributed by atoms with E-state index < -0.39 is 0 Å². The van der Waals surface area contributed by atoms with Crippen LogP contribution in [-0.2, 0) is 0 Å². The lowest BCUT2D eigenvalue weighted by atomic mass is 9.97. The first-order valence-corrected chi connectivity index (χ1v) is 12.2. The zero-order valence-corrected chi connectivity index (χ0v) is 19.1. The second-order valence-corrected chi connectivity index (χ2v) is 9.44. The van der Waals surface area contributed by atoms with E-state index in [0.29, 0.717) is 29.2 Å². The number of piperazine rings is 1. The maximum absolute atomic E-state index is 6.20. The van der Waals surface area contributed by atoms with Crippen LogP contribution >= 0.6 is 11.3 Å². The standard InChI is InChI=1S/C21H26N10OS/c22-18-25-19(26-20-24-17(27-31(18)20)16-4-2-11-32-16)30-6-1-3-15(14-30)13-28-7-9-29(10-8-28)21-23-5-12-33-21/h2,4-5,11-12,15H,1,3,6-10,13-14H2,(H2,22,24,25,26,27). The molecule has 6 rings (SSSR count). The molecular formula is C21H26N10OS. The van der Waals surface area contributed by atoms with E-state index in [1.807, 2.05) is 17.6 Å². The highest BCUT2D eigenvalue weighted by Gasteiger charge is 2.27. The third-order valence-electron chi connectivity index (χ3n) is 6.34. The summed E-state index contributed by atoms with van der Waals surface area (Å²) < 4.78 is 6.86. The Morgan fingerprint density at radius 2 is 2.00 bits per heavy atom. The van der Waals surface area contributed by atoms with Gasteiger partial charge >= 0.3 is 0 Å². The molecule has 0 aromatic carbocycles. The minimum atomic E-state index is 0.278. The number of nitrogen functional groups attached to an aromatic ring is 1. The highest BCUT2D eigenvalue weighted by atomic mass is 32.1. The molecule has 4 aromatic rings. The average Bonchev–Trinajstić information content (AvgIpc) is 3.61. The molecule has 0 bridgehead atoms. The van der Waals surface area contributed by atoms with Gasteiger partial charge in [-0.1, -0.05) is 0 Å². The van der Waals surface area contributed by atoms with Gasteiger partial charge in [0.1, 0.15) is 0 Å². The Bertz CT molecular complexity index is 1200. The quantitative estimate of drug-likeness (QED) is 0.467. The van der Waals surface area contributed by atoms with E-state index in [1.165, 1.54) is 10.9 Å². The molecule has 0 aliphatic carbocycles. The van der Waals surface area contributed by atoms with Gasteiger partial charge in [0.25, 0.3) is 5.78 Å². The number of fused-ring (bicyclic) bond motifs is 1. The van der Waals surface area contributed by atoms with Crippen LogP contribution in [0.5, 0.6) is 0 Å². The molecule has 33 heavy (non-hydrogen) atoms. The van der Waals surface area contributed by atoms with E-state index in [9.17, 15) is 0 Å². The maximum atomic E-state index is 6.20. The van der Waals surface area contributed by atoms with Crippen molar-refractivity contribution in [2.45, 2.75) is 12.8 Å². The van der Waals surface area contributed by atoms with Crippen LogP contribution < -0.4 is 15.5 Å². The summed E-state index contributed by atoms with van der Waals surface area (Å²) in [6.45, 7) is 7.13. The topological polar surface area (TPSA) is 118 Å². The summed E-state index contributed by atoms with van der Waals surface area (Å²) in [6.07, 6.45) is 5.80. The first-order chi connectivity index (χ1) is 16.2. The van der Waals surface area contributed by atoms with Crippen molar-refractivity contribution in [1.29, 1.82) is 0 Å². The van der Waals surface area contributed by atoms with E-state index in [1.54, 1.807) is 23.7 Å². The van der Waals surface area contributed by atoms with E-state index in [2.05, 4.69) is 39.7 Å². The van der Waals surface area contributed by atoms with Crippen LogP contribution in [0.3, 0.4) is 0 Å². The van der Waals surface area contributed by atoms with Crippen molar-refractivity contribution in [3.05, 3.63) is 30.0 Å². The van der Waals surface area contributed by atoms with Gasteiger partial charge in [0.05, 0.1) is 6.26 Å². The highest BCUT2D eigenvalue weighted by Crippen LogP contribution is 2.25. The van der Waals surface area contributed by atoms with Crippen LogP contribution in [0.2, 0.25) is 0 Å². The van der Waals surface area contributed by atoms with Gasteiger partial charge < -0.3 is 20.0 Å². The summed E-state index contributed by atoms with van der Waals surface area (Å²) in [4.78, 5) is 25.3. The van der Waals surface area contributed by atoms with Crippen LogP contribution in [0.1, 0.15) is 12.8 Å². The van der Waals surface area contributed by atoms with Gasteiger partial charge in [-0.15, -0.1) is 16.4 Å². The van der Waals surface area contributed by atoms with E-state index in [4.69, 9.17) is 10.2 Å². The van der Waals surface area contributed by atoms with Crippen LogP contribution in [0.15, 0.2) is 34.4 Å².